The zero-order chi connectivity index (χ0) is 15.6. The fourth-order valence-electron chi connectivity index (χ4n) is 2.32. The lowest BCUT2D eigenvalue weighted by atomic mass is 10.1. The fraction of sp³-hybridized carbons (Fsp3) is 0.500. The highest BCUT2D eigenvalue weighted by atomic mass is 16.2. The molecule has 21 heavy (non-hydrogen) atoms. The van der Waals surface area contributed by atoms with Crippen LogP contribution in [0.25, 0.3) is 0 Å². The van der Waals surface area contributed by atoms with Crippen LogP contribution in [-0.2, 0) is 0 Å². The number of anilines is 1. The molecule has 0 radical (unpaired) electrons. The Morgan fingerprint density at radius 3 is 2.33 bits per heavy atom. The van der Waals surface area contributed by atoms with Gasteiger partial charge in [-0.15, -0.1) is 0 Å². The molecule has 0 spiro atoms. The molecule has 0 saturated carbocycles. The average molecular weight is 291 g/mol. The zero-order valence-corrected chi connectivity index (χ0v) is 12.7. The number of nitrogen functional groups attached to an aromatic ring is 1. The van der Waals surface area contributed by atoms with E-state index in [-0.39, 0.29) is 11.9 Å². The summed E-state index contributed by atoms with van der Waals surface area (Å²) in [5.74, 6) is -0.0794. The molecule has 1 aliphatic rings. The van der Waals surface area contributed by atoms with E-state index >= 15 is 0 Å². The lowest BCUT2D eigenvalue weighted by Crippen LogP contribution is -2.53. The van der Waals surface area contributed by atoms with Crippen LogP contribution in [0, 0.1) is 6.92 Å². The Morgan fingerprint density at radius 1 is 1.19 bits per heavy atom. The van der Waals surface area contributed by atoms with Crippen molar-refractivity contribution in [3.63, 3.8) is 0 Å². The summed E-state index contributed by atoms with van der Waals surface area (Å²) in [5, 5.41) is 0. The Balaban J connectivity index is 2.03. The molecule has 2 rings (SSSR count). The molecule has 3 amide bonds. The Bertz CT molecular complexity index is 550. The van der Waals surface area contributed by atoms with Gasteiger partial charge in [-0.05, 0) is 13.0 Å². The maximum Gasteiger partial charge on any atom is 0.319 e. The van der Waals surface area contributed by atoms with Gasteiger partial charge in [0, 0.05) is 40.3 Å². The number of rotatable bonds is 1. The standard InChI is InChI=1S/C14H21N5O2/c1-10-12(8-11(15)9-16-10)13(20)18-4-6-19(7-5-18)14(21)17(2)3/h8-9H,4-7,15H2,1-3H3. The minimum Gasteiger partial charge on any atom is -0.397 e. The Morgan fingerprint density at radius 2 is 1.76 bits per heavy atom. The zero-order valence-electron chi connectivity index (χ0n) is 12.7. The molecule has 0 aliphatic carbocycles. The van der Waals surface area contributed by atoms with Crippen molar-refractivity contribution < 1.29 is 9.59 Å². The van der Waals surface area contributed by atoms with Gasteiger partial charge in [0.25, 0.3) is 5.91 Å². The number of nitrogens with two attached hydrogens (primary N) is 1. The summed E-state index contributed by atoms with van der Waals surface area (Å²) in [6.07, 6.45) is 1.54. The second-order valence-corrected chi connectivity index (χ2v) is 5.36. The predicted octanol–water partition coefficient (Wildman–Crippen LogP) is 0.412. The summed E-state index contributed by atoms with van der Waals surface area (Å²) in [5.41, 5.74) is 7.37. The summed E-state index contributed by atoms with van der Waals surface area (Å²) in [6, 6.07) is 1.63. The van der Waals surface area contributed by atoms with Crippen LogP contribution in [0.2, 0.25) is 0 Å². The van der Waals surface area contributed by atoms with Crippen molar-refractivity contribution in [2.75, 3.05) is 46.0 Å². The number of carbonyl (C=O) groups is 2. The molecule has 2 heterocycles. The van der Waals surface area contributed by atoms with Crippen molar-refractivity contribution in [3.8, 4) is 0 Å². The van der Waals surface area contributed by atoms with E-state index < -0.39 is 0 Å². The molecule has 2 N–H and O–H groups in total. The van der Waals surface area contributed by atoms with E-state index in [0.29, 0.717) is 43.1 Å². The highest BCUT2D eigenvalue weighted by molar-refractivity contribution is 5.96. The van der Waals surface area contributed by atoms with Gasteiger partial charge in [0.1, 0.15) is 0 Å². The van der Waals surface area contributed by atoms with E-state index in [1.165, 1.54) is 0 Å². The normalized spacial score (nSPS) is 15.0. The highest BCUT2D eigenvalue weighted by Gasteiger charge is 2.26. The number of hydrogen-bond acceptors (Lipinski definition) is 4. The number of nitrogens with zero attached hydrogens (tertiary/aromatic N) is 4. The van der Waals surface area contributed by atoms with Crippen LogP contribution in [0.3, 0.4) is 0 Å². The third kappa shape index (κ3) is 3.24. The van der Waals surface area contributed by atoms with E-state index in [1.807, 2.05) is 0 Å². The topological polar surface area (TPSA) is 82.8 Å². The molecule has 0 atom stereocenters. The summed E-state index contributed by atoms with van der Waals surface area (Å²) >= 11 is 0. The molecule has 114 valence electrons. The summed E-state index contributed by atoms with van der Waals surface area (Å²) in [4.78, 5) is 33.5. The molecule has 7 heteroatoms. The maximum absolute atomic E-state index is 12.5. The molecule has 1 aliphatic heterocycles. The number of aryl methyl sites for hydroxylation is 1. The fourth-order valence-corrected chi connectivity index (χ4v) is 2.32. The molecule has 0 bridgehead atoms. The van der Waals surface area contributed by atoms with Crippen molar-refractivity contribution in [2.45, 2.75) is 6.92 Å². The molecule has 0 aromatic carbocycles. The van der Waals surface area contributed by atoms with Crippen LogP contribution in [0.15, 0.2) is 12.3 Å². The first kappa shape index (κ1) is 15.1. The predicted molar refractivity (Wildman–Crippen MR) is 79.9 cm³/mol. The quantitative estimate of drug-likeness (QED) is 0.812. The van der Waals surface area contributed by atoms with Crippen molar-refractivity contribution in [2.24, 2.45) is 0 Å². The van der Waals surface area contributed by atoms with Gasteiger partial charge in [-0.3, -0.25) is 9.78 Å². The van der Waals surface area contributed by atoms with Crippen LogP contribution >= 0.6 is 0 Å². The second-order valence-electron chi connectivity index (χ2n) is 5.36. The van der Waals surface area contributed by atoms with Crippen LogP contribution in [0.5, 0.6) is 0 Å². The summed E-state index contributed by atoms with van der Waals surface area (Å²) in [6.45, 7) is 3.91. The molecular weight excluding hydrogens is 270 g/mol. The van der Waals surface area contributed by atoms with Crippen molar-refractivity contribution >= 4 is 17.6 Å². The van der Waals surface area contributed by atoms with E-state index in [9.17, 15) is 9.59 Å². The van der Waals surface area contributed by atoms with E-state index in [2.05, 4.69) is 4.98 Å². The van der Waals surface area contributed by atoms with Crippen LogP contribution in [0.4, 0.5) is 10.5 Å². The number of hydrogen-bond donors (Lipinski definition) is 1. The minimum atomic E-state index is -0.0794. The summed E-state index contributed by atoms with van der Waals surface area (Å²) in [7, 11) is 3.45. The maximum atomic E-state index is 12.5. The number of amides is 3. The average Bonchev–Trinajstić information content (AvgIpc) is 2.48. The first-order valence-corrected chi connectivity index (χ1v) is 6.87. The Hall–Kier alpha value is -2.31. The number of urea groups is 1. The van der Waals surface area contributed by atoms with Crippen LogP contribution in [-0.4, -0.2) is 71.9 Å². The monoisotopic (exact) mass is 291 g/mol. The Labute approximate surface area is 124 Å². The SMILES string of the molecule is Cc1ncc(N)cc1C(=O)N1CCN(C(=O)N(C)C)CC1. The van der Waals surface area contributed by atoms with E-state index in [1.54, 1.807) is 48.0 Å². The molecule has 7 nitrogen and oxygen atoms in total. The first-order valence-electron chi connectivity index (χ1n) is 6.87. The number of pyridine rings is 1. The number of piperazine rings is 1. The summed E-state index contributed by atoms with van der Waals surface area (Å²) < 4.78 is 0. The van der Waals surface area contributed by atoms with Crippen molar-refractivity contribution in [1.29, 1.82) is 0 Å². The van der Waals surface area contributed by atoms with E-state index in [4.69, 9.17) is 5.73 Å². The van der Waals surface area contributed by atoms with Gasteiger partial charge in [-0.1, -0.05) is 0 Å². The van der Waals surface area contributed by atoms with Gasteiger partial charge in [-0.2, -0.15) is 0 Å². The third-order valence-corrected chi connectivity index (χ3v) is 3.56. The third-order valence-electron chi connectivity index (χ3n) is 3.56. The second kappa shape index (κ2) is 5.99. The van der Waals surface area contributed by atoms with Gasteiger partial charge < -0.3 is 20.4 Å². The molecule has 1 aromatic rings. The Kier molecular flexibility index (Phi) is 4.30. The number of aromatic nitrogens is 1. The first-order chi connectivity index (χ1) is 9.90. The van der Waals surface area contributed by atoms with Crippen LogP contribution < -0.4 is 5.73 Å². The van der Waals surface area contributed by atoms with Crippen molar-refractivity contribution in [3.05, 3.63) is 23.5 Å². The van der Waals surface area contributed by atoms with Crippen molar-refractivity contribution in [1.82, 2.24) is 19.7 Å². The molecule has 1 fully saturated rings. The molecular formula is C14H21N5O2. The smallest absolute Gasteiger partial charge is 0.319 e. The minimum absolute atomic E-state index is 0.0242. The van der Waals surface area contributed by atoms with Gasteiger partial charge in [0.15, 0.2) is 0 Å². The van der Waals surface area contributed by atoms with Gasteiger partial charge in [0.2, 0.25) is 0 Å². The number of carbonyl (C=O) groups excluding carboxylic acids is 2. The lowest BCUT2D eigenvalue weighted by molar-refractivity contribution is 0.0649. The van der Waals surface area contributed by atoms with Crippen LogP contribution in [0.1, 0.15) is 16.1 Å². The largest absolute Gasteiger partial charge is 0.397 e. The lowest BCUT2D eigenvalue weighted by Gasteiger charge is -2.36. The molecule has 1 aromatic heterocycles. The van der Waals surface area contributed by atoms with E-state index in [0.717, 1.165) is 0 Å². The molecule has 1 saturated heterocycles. The van der Waals surface area contributed by atoms with Gasteiger partial charge in [-0.25, -0.2) is 4.79 Å². The highest BCUT2D eigenvalue weighted by Crippen LogP contribution is 2.14. The van der Waals surface area contributed by atoms with Gasteiger partial charge >= 0.3 is 6.03 Å². The van der Waals surface area contributed by atoms with Gasteiger partial charge in [0.05, 0.1) is 23.1 Å². The molecule has 0 unspecified atom stereocenters.